The van der Waals surface area contributed by atoms with Crippen LogP contribution < -0.4 is 9.47 Å². The summed E-state index contributed by atoms with van der Waals surface area (Å²) >= 11 is 20.6. The lowest BCUT2D eigenvalue weighted by molar-refractivity contribution is -0.274. The van der Waals surface area contributed by atoms with E-state index < -0.39 is 5.97 Å². The van der Waals surface area contributed by atoms with Crippen molar-refractivity contribution in [3.63, 3.8) is 0 Å². The van der Waals surface area contributed by atoms with Crippen molar-refractivity contribution in [2.24, 2.45) is 0 Å². The zero-order valence-electron chi connectivity index (χ0n) is 12.0. The molecule has 0 saturated carbocycles. The molecule has 2 rings (SSSR count). The van der Waals surface area contributed by atoms with Gasteiger partial charge in [-0.15, -0.1) is 0 Å². The highest BCUT2D eigenvalue weighted by Crippen LogP contribution is 2.42. The van der Waals surface area contributed by atoms with Crippen LogP contribution in [0, 0.1) is 0 Å². The summed E-state index contributed by atoms with van der Waals surface area (Å²) < 4.78 is 16.1. The smallest absolute Gasteiger partial charge is 0.368 e. The molecule has 0 bridgehead atoms. The van der Waals surface area contributed by atoms with E-state index in [0.717, 1.165) is 17.9 Å². The number of ether oxygens (including phenoxy) is 2. The first-order valence-corrected chi connectivity index (χ1v) is 11.3. The summed E-state index contributed by atoms with van der Waals surface area (Å²) in [4.78, 5) is 0. The predicted molar refractivity (Wildman–Crippen MR) is 116 cm³/mol. The van der Waals surface area contributed by atoms with E-state index in [1.165, 1.54) is 0 Å². The maximum absolute atomic E-state index is 10.8. The van der Waals surface area contributed by atoms with Crippen LogP contribution in [0.1, 0.15) is 13.3 Å². The van der Waals surface area contributed by atoms with Gasteiger partial charge in [-0.3, -0.25) is 0 Å². The van der Waals surface area contributed by atoms with Gasteiger partial charge in [0, 0.05) is 17.9 Å². The summed E-state index contributed by atoms with van der Waals surface area (Å²) in [6.07, 6.45) is 0.216. The second-order valence-electron chi connectivity index (χ2n) is 4.62. The van der Waals surface area contributed by atoms with Crippen LogP contribution in [0.4, 0.5) is 0 Å². The average molecular weight is 718 g/mol. The van der Waals surface area contributed by atoms with Gasteiger partial charge in [0.05, 0.1) is 15.4 Å². The molecule has 2 aromatic carbocycles. The van der Waals surface area contributed by atoms with Gasteiger partial charge in [-0.25, -0.2) is 0 Å². The number of halogens is 6. The zero-order chi connectivity index (χ0) is 18.1. The van der Waals surface area contributed by atoms with Crippen molar-refractivity contribution >= 4 is 95.6 Å². The van der Waals surface area contributed by atoms with E-state index in [0.29, 0.717) is 20.4 Å². The molecule has 0 aliphatic rings. The molecule has 0 unspecified atom stereocenters. The first kappa shape index (κ1) is 21.2. The Kier molecular flexibility index (Phi) is 7.69. The highest BCUT2D eigenvalue weighted by molar-refractivity contribution is 9.15. The molecule has 0 aliphatic heterocycles. The second kappa shape index (κ2) is 8.71. The quantitative estimate of drug-likeness (QED) is 0.254. The first-order chi connectivity index (χ1) is 11.2. The number of rotatable bonds is 5. The molecule has 2 aromatic rings. The number of hydrogen-bond acceptors (Lipinski definition) is 3. The molecule has 0 saturated heterocycles. The predicted octanol–water partition coefficient (Wildman–Crippen LogP) is 7.78. The Bertz CT molecular complexity index is 706. The monoisotopic (exact) mass is 712 g/mol. The lowest BCUT2D eigenvalue weighted by atomic mass is 10.3. The van der Waals surface area contributed by atoms with E-state index in [9.17, 15) is 5.11 Å². The summed E-state index contributed by atoms with van der Waals surface area (Å²) in [7, 11) is 0. The highest BCUT2D eigenvalue weighted by atomic mass is 79.9. The van der Waals surface area contributed by atoms with Crippen LogP contribution in [-0.2, 0) is 0 Å². The van der Waals surface area contributed by atoms with Crippen LogP contribution in [0.15, 0.2) is 51.1 Å². The first-order valence-electron chi connectivity index (χ1n) is 6.56. The largest absolute Gasteiger partial charge is 0.429 e. The van der Waals surface area contributed by atoms with Crippen molar-refractivity contribution in [2.75, 3.05) is 0 Å². The fraction of sp³-hybridized carbons (Fsp3) is 0.200. The Morgan fingerprint density at radius 2 is 1.12 bits per heavy atom. The van der Waals surface area contributed by atoms with Gasteiger partial charge in [0.1, 0.15) is 11.5 Å². The second-order valence-corrected chi connectivity index (χ2v) is 9.50. The summed E-state index contributed by atoms with van der Waals surface area (Å²) in [6.45, 7) is 1.77. The number of aliphatic hydroxyl groups is 1. The van der Waals surface area contributed by atoms with Crippen LogP contribution in [0.2, 0.25) is 0 Å². The van der Waals surface area contributed by atoms with Gasteiger partial charge in [0.15, 0.2) is 0 Å². The molecular formula is C15H10Br6O3. The van der Waals surface area contributed by atoms with Crippen LogP contribution >= 0.6 is 95.6 Å². The minimum atomic E-state index is -1.83. The molecule has 0 aliphatic carbocycles. The van der Waals surface area contributed by atoms with Crippen molar-refractivity contribution in [2.45, 2.75) is 19.3 Å². The number of benzene rings is 2. The molecule has 3 nitrogen and oxygen atoms in total. The summed E-state index contributed by atoms with van der Waals surface area (Å²) in [5.41, 5.74) is 0. The molecule has 0 heterocycles. The molecule has 130 valence electrons. The van der Waals surface area contributed by atoms with Crippen molar-refractivity contribution in [1.29, 1.82) is 0 Å². The topological polar surface area (TPSA) is 38.7 Å². The van der Waals surface area contributed by atoms with E-state index in [1.54, 1.807) is 19.1 Å². The third kappa shape index (κ3) is 4.78. The third-order valence-corrected chi connectivity index (χ3v) is 9.66. The Morgan fingerprint density at radius 3 is 1.46 bits per heavy atom. The van der Waals surface area contributed by atoms with Gasteiger partial charge in [-0.1, -0.05) is 6.92 Å². The molecule has 24 heavy (non-hydrogen) atoms. The molecule has 0 atom stereocenters. The van der Waals surface area contributed by atoms with Crippen LogP contribution in [0.3, 0.4) is 0 Å². The van der Waals surface area contributed by atoms with Gasteiger partial charge < -0.3 is 14.6 Å². The molecule has 0 fully saturated rings. The van der Waals surface area contributed by atoms with E-state index in [4.69, 9.17) is 9.47 Å². The van der Waals surface area contributed by atoms with E-state index in [2.05, 4.69) is 95.6 Å². The molecule has 0 spiro atoms. The zero-order valence-corrected chi connectivity index (χ0v) is 21.6. The summed E-state index contributed by atoms with van der Waals surface area (Å²) in [5, 5.41) is 10.8. The normalized spacial score (nSPS) is 11.5. The fourth-order valence-electron chi connectivity index (χ4n) is 1.68. The van der Waals surface area contributed by atoms with Crippen molar-refractivity contribution in [3.05, 3.63) is 51.1 Å². The Morgan fingerprint density at radius 1 is 0.750 bits per heavy atom. The standard InChI is InChI=1S/C15H10Br6O3/c1-2-15(22,23-9-5-3-7(16)11(18)13(9)20)24-10-6-4-8(17)12(19)14(10)21/h3-6,22H,2H2,1H3. The van der Waals surface area contributed by atoms with E-state index in [-0.39, 0.29) is 6.42 Å². The van der Waals surface area contributed by atoms with Crippen molar-refractivity contribution < 1.29 is 14.6 Å². The Labute approximate surface area is 190 Å². The minimum absolute atomic E-state index is 0.216. The van der Waals surface area contributed by atoms with Gasteiger partial charge in [0.25, 0.3) is 0 Å². The molecule has 0 radical (unpaired) electrons. The molecule has 1 N–H and O–H groups in total. The molecule has 0 amide bonds. The van der Waals surface area contributed by atoms with Crippen LogP contribution in [-0.4, -0.2) is 11.1 Å². The van der Waals surface area contributed by atoms with Gasteiger partial charge in [-0.2, -0.15) is 0 Å². The van der Waals surface area contributed by atoms with E-state index >= 15 is 0 Å². The maximum Gasteiger partial charge on any atom is 0.368 e. The Balaban J connectivity index is 2.33. The molecule has 0 aromatic heterocycles. The average Bonchev–Trinajstić information content (AvgIpc) is 2.56. The summed E-state index contributed by atoms with van der Waals surface area (Å²) in [5.74, 6) is -0.936. The highest BCUT2D eigenvalue weighted by Gasteiger charge is 2.32. The van der Waals surface area contributed by atoms with Crippen LogP contribution in [0.25, 0.3) is 0 Å². The van der Waals surface area contributed by atoms with Gasteiger partial charge >= 0.3 is 5.97 Å². The summed E-state index contributed by atoms with van der Waals surface area (Å²) in [6, 6.07) is 7.09. The van der Waals surface area contributed by atoms with Crippen LogP contribution in [0.5, 0.6) is 11.5 Å². The third-order valence-electron chi connectivity index (χ3n) is 2.99. The fourth-order valence-corrected chi connectivity index (χ4v) is 4.38. The molecule has 9 heteroatoms. The molecular weight excluding hydrogens is 708 g/mol. The van der Waals surface area contributed by atoms with Gasteiger partial charge in [0.2, 0.25) is 0 Å². The maximum atomic E-state index is 10.8. The van der Waals surface area contributed by atoms with Gasteiger partial charge in [-0.05, 0) is 120 Å². The Hall–Kier alpha value is 0.880. The minimum Gasteiger partial charge on any atom is -0.429 e. The lowest BCUT2D eigenvalue weighted by Gasteiger charge is -2.29. The lowest BCUT2D eigenvalue weighted by Crippen LogP contribution is -2.41. The van der Waals surface area contributed by atoms with Crippen molar-refractivity contribution in [3.8, 4) is 11.5 Å². The van der Waals surface area contributed by atoms with E-state index in [1.807, 2.05) is 12.1 Å². The number of hydrogen-bond donors (Lipinski definition) is 1. The SMILES string of the molecule is CCC(O)(Oc1ccc(Br)c(Br)c1Br)Oc1ccc(Br)c(Br)c1Br. The van der Waals surface area contributed by atoms with Crippen molar-refractivity contribution in [1.82, 2.24) is 0 Å².